The zero-order valence-corrected chi connectivity index (χ0v) is 23.4. The van der Waals surface area contributed by atoms with Gasteiger partial charge in [0.25, 0.3) is 0 Å². The highest BCUT2D eigenvalue weighted by Gasteiger charge is 2.59. The number of ether oxygens (including phenoxy) is 1. The second-order valence-electron chi connectivity index (χ2n) is 14.0. The minimum Gasteiger partial charge on any atom is -0.373 e. The molecule has 3 fully saturated rings. The first-order valence-electron chi connectivity index (χ1n) is 15.2. The lowest BCUT2D eigenvalue weighted by atomic mass is 9.47. The van der Waals surface area contributed by atoms with Crippen molar-refractivity contribution in [1.29, 1.82) is 0 Å². The highest BCUT2D eigenvalue weighted by Crippen LogP contribution is 2.67. The van der Waals surface area contributed by atoms with Crippen LogP contribution in [-0.2, 0) is 11.3 Å². The molecule has 1 unspecified atom stereocenters. The van der Waals surface area contributed by atoms with Gasteiger partial charge in [-0.1, -0.05) is 95.9 Å². The third kappa shape index (κ3) is 4.93. The summed E-state index contributed by atoms with van der Waals surface area (Å²) >= 11 is 0. The van der Waals surface area contributed by atoms with Crippen LogP contribution in [0.4, 0.5) is 0 Å². The quantitative estimate of drug-likeness (QED) is 0.339. The third-order valence-electron chi connectivity index (χ3n) is 11.6. The maximum atomic E-state index is 6.43. The number of hydrogen-bond acceptors (Lipinski definition) is 1. The summed E-state index contributed by atoms with van der Waals surface area (Å²) in [6.45, 7) is 13.5. The Morgan fingerprint density at radius 1 is 0.914 bits per heavy atom. The molecule has 8 atom stereocenters. The fourth-order valence-corrected chi connectivity index (χ4v) is 9.58. The SMILES string of the molecule is CC(C)CCC[C@@H](C)[C@H]1CC[C@H]2[C@@H]3CC=C4CC(OCc5ccccc5)CC[C@]4(C)[C@H]3CC[C@]12C. The van der Waals surface area contributed by atoms with E-state index in [9.17, 15) is 0 Å². The monoisotopic (exact) mass is 476 g/mol. The van der Waals surface area contributed by atoms with Crippen LogP contribution in [0.3, 0.4) is 0 Å². The van der Waals surface area contributed by atoms with Gasteiger partial charge in [-0.3, -0.25) is 0 Å². The first-order valence-corrected chi connectivity index (χ1v) is 15.2. The average molecular weight is 477 g/mol. The van der Waals surface area contributed by atoms with Gasteiger partial charge in [-0.05, 0) is 103 Å². The number of hydrogen-bond donors (Lipinski definition) is 0. The molecule has 0 aromatic heterocycles. The molecule has 0 radical (unpaired) electrons. The molecule has 194 valence electrons. The Hall–Kier alpha value is -1.08. The van der Waals surface area contributed by atoms with Gasteiger partial charge in [0, 0.05) is 0 Å². The maximum absolute atomic E-state index is 6.43. The minimum absolute atomic E-state index is 0.405. The van der Waals surface area contributed by atoms with Gasteiger partial charge < -0.3 is 4.74 Å². The lowest BCUT2D eigenvalue weighted by Crippen LogP contribution is -2.51. The topological polar surface area (TPSA) is 9.23 Å². The Balaban J connectivity index is 1.24. The molecule has 4 aliphatic carbocycles. The summed E-state index contributed by atoms with van der Waals surface area (Å²) in [4.78, 5) is 0. The molecule has 0 aliphatic heterocycles. The number of fused-ring (bicyclic) bond motifs is 5. The summed E-state index contributed by atoms with van der Waals surface area (Å²) in [6.07, 6.45) is 18.4. The van der Waals surface area contributed by atoms with Crippen LogP contribution < -0.4 is 0 Å². The fourth-order valence-electron chi connectivity index (χ4n) is 9.58. The van der Waals surface area contributed by atoms with Crippen LogP contribution in [0.5, 0.6) is 0 Å². The smallest absolute Gasteiger partial charge is 0.0720 e. The zero-order chi connectivity index (χ0) is 24.6. The molecule has 0 bridgehead atoms. The summed E-state index contributed by atoms with van der Waals surface area (Å²) < 4.78 is 6.43. The normalized spacial score (nSPS) is 39.5. The molecule has 1 aromatic rings. The lowest BCUT2D eigenvalue weighted by molar-refractivity contribution is -0.0656. The van der Waals surface area contributed by atoms with Gasteiger partial charge >= 0.3 is 0 Å². The van der Waals surface area contributed by atoms with E-state index < -0.39 is 0 Å². The molecule has 1 aromatic carbocycles. The molecule has 1 nitrogen and oxygen atoms in total. The van der Waals surface area contributed by atoms with Gasteiger partial charge in [0.05, 0.1) is 12.7 Å². The first kappa shape index (κ1) is 25.6. The standard InChI is InChI=1S/C34H52O/c1-24(2)10-9-11-25(3)30-16-17-31-29-15-14-27-22-28(35-23-26-12-7-6-8-13-26)18-20-33(27,4)32(29)19-21-34(30,31)5/h6-8,12-14,24-25,28-32H,9-11,15-23H2,1-5H3/t25-,28?,29+,30-,31+,32+,33+,34-/m1/s1. The highest BCUT2D eigenvalue weighted by atomic mass is 16.5. The van der Waals surface area contributed by atoms with Gasteiger partial charge in [-0.2, -0.15) is 0 Å². The molecule has 1 heteroatoms. The number of benzene rings is 1. The zero-order valence-electron chi connectivity index (χ0n) is 23.4. The molecule has 5 rings (SSSR count). The van der Waals surface area contributed by atoms with Crippen LogP contribution in [0, 0.1) is 46.3 Å². The molecule has 3 saturated carbocycles. The largest absolute Gasteiger partial charge is 0.373 e. The van der Waals surface area contributed by atoms with Crippen LogP contribution >= 0.6 is 0 Å². The highest BCUT2D eigenvalue weighted by molar-refractivity contribution is 5.25. The van der Waals surface area contributed by atoms with Crippen molar-refractivity contribution >= 4 is 0 Å². The van der Waals surface area contributed by atoms with Gasteiger partial charge in [-0.15, -0.1) is 0 Å². The molecule has 35 heavy (non-hydrogen) atoms. The molecule has 0 saturated heterocycles. The summed E-state index contributed by atoms with van der Waals surface area (Å²) in [7, 11) is 0. The van der Waals surface area contributed by atoms with Crippen LogP contribution in [-0.4, -0.2) is 6.10 Å². The Bertz CT molecular complexity index is 870. The number of allylic oxidation sites excluding steroid dienone is 1. The Labute approximate surface area is 216 Å². The summed E-state index contributed by atoms with van der Waals surface area (Å²) in [5.41, 5.74) is 4.08. The van der Waals surface area contributed by atoms with E-state index in [0.29, 0.717) is 16.9 Å². The molecular formula is C34H52O. The van der Waals surface area contributed by atoms with E-state index in [4.69, 9.17) is 4.74 Å². The van der Waals surface area contributed by atoms with Crippen molar-refractivity contribution in [2.75, 3.05) is 0 Å². The lowest BCUT2D eigenvalue weighted by Gasteiger charge is -2.58. The second kappa shape index (κ2) is 10.4. The van der Waals surface area contributed by atoms with Crippen molar-refractivity contribution in [3.63, 3.8) is 0 Å². The first-order chi connectivity index (χ1) is 16.8. The van der Waals surface area contributed by atoms with Gasteiger partial charge in [-0.25, -0.2) is 0 Å². The average Bonchev–Trinajstić information content (AvgIpc) is 3.20. The molecular weight excluding hydrogens is 424 g/mol. The van der Waals surface area contributed by atoms with Gasteiger partial charge in [0.2, 0.25) is 0 Å². The molecule has 0 heterocycles. The Morgan fingerprint density at radius 2 is 1.71 bits per heavy atom. The van der Waals surface area contributed by atoms with E-state index in [2.05, 4.69) is 71.0 Å². The molecule has 4 aliphatic rings. The van der Waals surface area contributed by atoms with E-state index in [1.165, 1.54) is 76.2 Å². The van der Waals surface area contributed by atoms with Gasteiger partial charge in [0.15, 0.2) is 0 Å². The maximum Gasteiger partial charge on any atom is 0.0720 e. The van der Waals surface area contributed by atoms with Crippen LogP contribution in [0.25, 0.3) is 0 Å². The Kier molecular flexibility index (Phi) is 7.56. The van der Waals surface area contributed by atoms with Crippen LogP contribution in [0.2, 0.25) is 0 Å². The van der Waals surface area contributed by atoms with Gasteiger partial charge in [0.1, 0.15) is 0 Å². The van der Waals surface area contributed by atoms with E-state index in [1.54, 1.807) is 5.57 Å². The summed E-state index contributed by atoms with van der Waals surface area (Å²) in [5.74, 6) is 5.51. The van der Waals surface area contributed by atoms with Crippen molar-refractivity contribution < 1.29 is 4.74 Å². The van der Waals surface area contributed by atoms with Crippen molar-refractivity contribution in [2.45, 2.75) is 118 Å². The molecule has 0 amide bonds. The van der Waals surface area contributed by atoms with E-state index in [0.717, 1.165) is 42.1 Å². The number of rotatable bonds is 8. The van der Waals surface area contributed by atoms with E-state index >= 15 is 0 Å². The van der Waals surface area contributed by atoms with Crippen molar-refractivity contribution in [1.82, 2.24) is 0 Å². The van der Waals surface area contributed by atoms with Crippen LogP contribution in [0.15, 0.2) is 42.0 Å². The van der Waals surface area contributed by atoms with E-state index in [-0.39, 0.29) is 0 Å². The minimum atomic E-state index is 0.405. The molecule has 0 spiro atoms. The Morgan fingerprint density at radius 3 is 2.49 bits per heavy atom. The second-order valence-corrected chi connectivity index (χ2v) is 14.0. The van der Waals surface area contributed by atoms with Crippen LogP contribution in [0.1, 0.15) is 111 Å². The third-order valence-corrected chi connectivity index (χ3v) is 11.6. The van der Waals surface area contributed by atoms with E-state index in [1.807, 2.05) is 0 Å². The predicted octanol–water partition coefficient (Wildman–Crippen LogP) is 9.61. The van der Waals surface area contributed by atoms with Crippen molar-refractivity contribution in [3.05, 3.63) is 47.5 Å². The fraction of sp³-hybridized carbons (Fsp3) is 0.765. The predicted molar refractivity (Wildman–Crippen MR) is 148 cm³/mol. The van der Waals surface area contributed by atoms with Crippen molar-refractivity contribution in [2.24, 2.45) is 46.3 Å². The van der Waals surface area contributed by atoms with Crippen molar-refractivity contribution in [3.8, 4) is 0 Å². The molecule has 0 N–H and O–H groups in total. The summed E-state index contributed by atoms with van der Waals surface area (Å²) in [6, 6.07) is 10.7. The summed E-state index contributed by atoms with van der Waals surface area (Å²) in [5, 5.41) is 0.